The van der Waals surface area contributed by atoms with E-state index >= 15 is 0 Å². The predicted molar refractivity (Wildman–Crippen MR) is 47.1 cm³/mol. The number of carboxylic acid groups (broad SMARTS) is 1. The maximum atomic E-state index is 10.3. The summed E-state index contributed by atoms with van der Waals surface area (Å²) in [5, 5.41) is 12.5. The van der Waals surface area contributed by atoms with Gasteiger partial charge in [0.05, 0.1) is 0 Å². The molecule has 0 aliphatic carbocycles. The normalized spacial score (nSPS) is 12.7. The molecular formula is C8H13N3O2. The maximum absolute atomic E-state index is 10.3. The standard InChI is InChI=1S/C8H13N3O2/c9-7(8(12)13)3-1-5-11-6-2-4-10-11/h2,4,6-7H,1,3,5,9H2,(H,12,13). The van der Waals surface area contributed by atoms with Crippen LogP contribution in [0, 0.1) is 0 Å². The summed E-state index contributed by atoms with van der Waals surface area (Å²) in [5.74, 6) is -0.944. The van der Waals surface area contributed by atoms with Crippen LogP contribution < -0.4 is 5.73 Å². The second kappa shape index (κ2) is 4.61. The highest BCUT2D eigenvalue weighted by Crippen LogP contribution is 1.97. The van der Waals surface area contributed by atoms with Crippen molar-refractivity contribution in [3.63, 3.8) is 0 Å². The van der Waals surface area contributed by atoms with Crippen molar-refractivity contribution in [2.75, 3.05) is 0 Å². The maximum Gasteiger partial charge on any atom is 0.320 e. The van der Waals surface area contributed by atoms with Crippen molar-refractivity contribution in [2.45, 2.75) is 25.4 Å². The van der Waals surface area contributed by atoms with Gasteiger partial charge in [-0.15, -0.1) is 0 Å². The lowest BCUT2D eigenvalue weighted by Crippen LogP contribution is -2.30. The van der Waals surface area contributed by atoms with E-state index in [1.54, 1.807) is 10.9 Å². The quantitative estimate of drug-likeness (QED) is 0.677. The van der Waals surface area contributed by atoms with E-state index in [0.29, 0.717) is 13.0 Å². The molecule has 1 atom stereocenters. The molecule has 0 fully saturated rings. The van der Waals surface area contributed by atoms with Gasteiger partial charge in [-0.25, -0.2) is 0 Å². The zero-order chi connectivity index (χ0) is 9.68. The molecule has 0 spiro atoms. The van der Waals surface area contributed by atoms with E-state index in [1.165, 1.54) is 0 Å². The van der Waals surface area contributed by atoms with Crippen molar-refractivity contribution < 1.29 is 9.90 Å². The number of nitrogens with two attached hydrogens (primary N) is 1. The molecule has 5 heteroatoms. The molecule has 72 valence electrons. The van der Waals surface area contributed by atoms with Crippen LogP contribution in [0.25, 0.3) is 0 Å². The molecule has 0 aliphatic heterocycles. The summed E-state index contributed by atoms with van der Waals surface area (Å²) in [7, 11) is 0. The molecule has 1 unspecified atom stereocenters. The Balaban J connectivity index is 2.18. The van der Waals surface area contributed by atoms with Gasteiger partial charge in [0.15, 0.2) is 0 Å². The van der Waals surface area contributed by atoms with Crippen LogP contribution in [0.1, 0.15) is 12.8 Å². The smallest absolute Gasteiger partial charge is 0.320 e. The summed E-state index contributed by atoms with van der Waals surface area (Å²) < 4.78 is 1.76. The molecule has 0 aliphatic rings. The first-order chi connectivity index (χ1) is 6.20. The fourth-order valence-corrected chi connectivity index (χ4v) is 1.03. The van der Waals surface area contributed by atoms with Crippen LogP contribution in [0.5, 0.6) is 0 Å². The van der Waals surface area contributed by atoms with Crippen LogP contribution in [-0.2, 0) is 11.3 Å². The van der Waals surface area contributed by atoms with Gasteiger partial charge >= 0.3 is 5.97 Å². The second-order valence-corrected chi connectivity index (χ2v) is 2.86. The van der Waals surface area contributed by atoms with Gasteiger partial charge in [-0.05, 0) is 18.9 Å². The lowest BCUT2D eigenvalue weighted by Gasteiger charge is -2.05. The molecule has 1 aromatic rings. The fraction of sp³-hybridized carbons (Fsp3) is 0.500. The molecule has 0 radical (unpaired) electrons. The number of hydrogen-bond acceptors (Lipinski definition) is 3. The van der Waals surface area contributed by atoms with Gasteiger partial charge in [0.2, 0.25) is 0 Å². The number of rotatable bonds is 5. The number of aliphatic carboxylic acids is 1. The number of carbonyl (C=O) groups is 1. The number of aromatic nitrogens is 2. The lowest BCUT2D eigenvalue weighted by atomic mass is 10.2. The number of hydrogen-bond donors (Lipinski definition) is 2. The van der Waals surface area contributed by atoms with Gasteiger partial charge in [0.1, 0.15) is 6.04 Å². The van der Waals surface area contributed by atoms with Gasteiger partial charge in [-0.2, -0.15) is 5.10 Å². The minimum Gasteiger partial charge on any atom is -0.480 e. The summed E-state index contributed by atoms with van der Waals surface area (Å²) in [6.07, 6.45) is 4.74. The van der Waals surface area contributed by atoms with Gasteiger partial charge in [0, 0.05) is 18.9 Å². The molecular weight excluding hydrogens is 170 g/mol. The number of carboxylic acids is 1. The monoisotopic (exact) mass is 183 g/mol. The van der Waals surface area contributed by atoms with Crippen molar-refractivity contribution in [2.24, 2.45) is 5.73 Å². The molecule has 0 saturated carbocycles. The number of aryl methyl sites for hydroxylation is 1. The van der Waals surface area contributed by atoms with Crippen molar-refractivity contribution in [1.82, 2.24) is 9.78 Å². The summed E-state index contributed by atoms with van der Waals surface area (Å²) >= 11 is 0. The van der Waals surface area contributed by atoms with Crippen LogP contribution in [0.2, 0.25) is 0 Å². The molecule has 1 rings (SSSR count). The van der Waals surface area contributed by atoms with Crippen molar-refractivity contribution in [3.05, 3.63) is 18.5 Å². The van der Waals surface area contributed by atoms with Crippen molar-refractivity contribution >= 4 is 5.97 Å². The molecule has 5 nitrogen and oxygen atoms in total. The van der Waals surface area contributed by atoms with E-state index in [-0.39, 0.29) is 0 Å². The SMILES string of the molecule is NC(CCCn1cccn1)C(=O)O. The first-order valence-corrected chi connectivity index (χ1v) is 4.16. The summed E-state index contributed by atoms with van der Waals surface area (Å²) in [5.41, 5.74) is 5.33. The zero-order valence-corrected chi connectivity index (χ0v) is 7.26. The fourth-order valence-electron chi connectivity index (χ4n) is 1.03. The van der Waals surface area contributed by atoms with Crippen LogP contribution in [0.15, 0.2) is 18.5 Å². The minimum atomic E-state index is -0.944. The molecule has 13 heavy (non-hydrogen) atoms. The zero-order valence-electron chi connectivity index (χ0n) is 7.26. The average molecular weight is 183 g/mol. The van der Waals surface area contributed by atoms with Crippen LogP contribution in [-0.4, -0.2) is 26.9 Å². The third-order valence-corrected chi connectivity index (χ3v) is 1.78. The predicted octanol–water partition coefficient (Wildman–Crippen LogP) is 0.0752. The van der Waals surface area contributed by atoms with Gasteiger partial charge in [-0.1, -0.05) is 0 Å². The molecule has 1 aromatic heterocycles. The topological polar surface area (TPSA) is 81.1 Å². The van der Waals surface area contributed by atoms with E-state index in [2.05, 4.69) is 5.10 Å². The Labute approximate surface area is 76.2 Å². The highest BCUT2D eigenvalue weighted by atomic mass is 16.4. The average Bonchev–Trinajstić information content (AvgIpc) is 2.56. The Kier molecular flexibility index (Phi) is 3.45. The molecule has 0 saturated heterocycles. The minimum absolute atomic E-state index is 0.481. The van der Waals surface area contributed by atoms with Crippen LogP contribution >= 0.6 is 0 Å². The molecule has 0 aromatic carbocycles. The first-order valence-electron chi connectivity index (χ1n) is 4.16. The van der Waals surface area contributed by atoms with Gasteiger partial charge in [0.25, 0.3) is 0 Å². The molecule has 0 amide bonds. The Morgan fingerprint density at radius 2 is 2.46 bits per heavy atom. The Bertz CT molecular complexity index is 258. The first kappa shape index (κ1) is 9.73. The molecule has 3 N–H and O–H groups in total. The third kappa shape index (κ3) is 3.25. The highest BCUT2D eigenvalue weighted by molar-refractivity contribution is 5.72. The van der Waals surface area contributed by atoms with E-state index in [0.717, 1.165) is 6.42 Å². The van der Waals surface area contributed by atoms with E-state index < -0.39 is 12.0 Å². The summed E-state index contributed by atoms with van der Waals surface area (Å²) in [6, 6.07) is 1.08. The van der Waals surface area contributed by atoms with E-state index in [1.807, 2.05) is 12.3 Å². The van der Waals surface area contributed by atoms with Gasteiger partial charge < -0.3 is 10.8 Å². The Hall–Kier alpha value is -1.36. The Morgan fingerprint density at radius 1 is 1.69 bits per heavy atom. The van der Waals surface area contributed by atoms with Crippen LogP contribution in [0.3, 0.4) is 0 Å². The highest BCUT2D eigenvalue weighted by Gasteiger charge is 2.09. The number of nitrogens with zero attached hydrogens (tertiary/aromatic N) is 2. The molecule has 0 bridgehead atoms. The summed E-state index contributed by atoms with van der Waals surface area (Å²) in [6.45, 7) is 0.716. The van der Waals surface area contributed by atoms with E-state index in [9.17, 15) is 4.79 Å². The van der Waals surface area contributed by atoms with E-state index in [4.69, 9.17) is 10.8 Å². The molecule has 1 heterocycles. The van der Waals surface area contributed by atoms with Crippen molar-refractivity contribution in [3.8, 4) is 0 Å². The lowest BCUT2D eigenvalue weighted by molar-refractivity contribution is -0.138. The Morgan fingerprint density at radius 3 is 3.00 bits per heavy atom. The van der Waals surface area contributed by atoms with Crippen LogP contribution in [0.4, 0.5) is 0 Å². The largest absolute Gasteiger partial charge is 0.480 e. The second-order valence-electron chi connectivity index (χ2n) is 2.86. The third-order valence-electron chi connectivity index (χ3n) is 1.78. The van der Waals surface area contributed by atoms with Gasteiger partial charge in [-0.3, -0.25) is 9.48 Å². The van der Waals surface area contributed by atoms with Crippen molar-refractivity contribution in [1.29, 1.82) is 0 Å². The summed E-state index contributed by atoms with van der Waals surface area (Å²) in [4.78, 5) is 10.3.